The molecule has 6 nitrogen and oxygen atoms in total. The number of aromatic amines is 1. The molecule has 0 unspecified atom stereocenters. The molecule has 6 heteroatoms. The van der Waals surface area contributed by atoms with Crippen LogP contribution in [0.1, 0.15) is 30.5 Å². The van der Waals surface area contributed by atoms with E-state index in [1.807, 2.05) is 47.4 Å². The SMILES string of the molecule is O=C(CCc1nc2ccccc2[nH]c1=O)N1CCC2(C=Cc3cc(-c4ccccc4)ccc3O2)CC1. The summed E-state index contributed by atoms with van der Waals surface area (Å²) >= 11 is 0. The number of hydrogen-bond donors (Lipinski definition) is 1. The average Bonchev–Trinajstić information content (AvgIpc) is 2.92. The predicted octanol–water partition coefficient (Wildman–Crippen LogP) is 4.99. The summed E-state index contributed by atoms with van der Waals surface area (Å²) in [5.74, 6) is 0.936. The number of nitrogens with zero attached hydrogens (tertiary/aromatic N) is 2. The molecule has 2 aliphatic heterocycles. The molecule has 1 fully saturated rings. The lowest BCUT2D eigenvalue weighted by Gasteiger charge is -2.42. The molecule has 2 aliphatic rings. The van der Waals surface area contributed by atoms with Gasteiger partial charge in [-0.15, -0.1) is 0 Å². The second-order valence-electron chi connectivity index (χ2n) is 9.53. The van der Waals surface area contributed by atoms with E-state index in [2.05, 4.69) is 52.5 Å². The third-order valence-electron chi connectivity index (χ3n) is 7.20. The molecule has 0 saturated carbocycles. The van der Waals surface area contributed by atoms with E-state index >= 15 is 0 Å². The molecule has 3 heterocycles. The van der Waals surface area contributed by atoms with E-state index in [-0.39, 0.29) is 23.5 Å². The van der Waals surface area contributed by atoms with Crippen LogP contribution in [-0.2, 0) is 11.2 Å². The summed E-state index contributed by atoms with van der Waals surface area (Å²) in [5, 5.41) is 0. The van der Waals surface area contributed by atoms with Gasteiger partial charge in [0.2, 0.25) is 5.91 Å². The van der Waals surface area contributed by atoms with Gasteiger partial charge >= 0.3 is 0 Å². The van der Waals surface area contributed by atoms with Crippen LogP contribution in [0, 0.1) is 0 Å². The number of carbonyl (C=O) groups is 1. The lowest BCUT2D eigenvalue weighted by molar-refractivity contribution is -0.133. The van der Waals surface area contributed by atoms with Gasteiger partial charge in [0, 0.05) is 44.3 Å². The third-order valence-corrected chi connectivity index (χ3v) is 7.20. The first-order valence-corrected chi connectivity index (χ1v) is 12.4. The van der Waals surface area contributed by atoms with Gasteiger partial charge in [0.25, 0.3) is 5.56 Å². The Hall–Kier alpha value is -4.19. The number of carbonyl (C=O) groups excluding carboxylic acids is 1. The smallest absolute Gasteiger partial charge is 0.270 e. The van der Waals surface area contributed by atoms with Crippen LogP contribution < -0.4 is 10.3 Å². The number of benzene rings is 3. The minimum Gasteiger partial charge on any atom is -0.482 e. The minimum atomic E-state index is -0.380. The van der Waals surface area contributed by atoms with Crippen molar-refractivity contribution in [2.75, 3.05) is 13.1 Å². The lowest BCUT2D eigenvalue weighted by Crippen LogP contribution is -2.49. The van der Waals surface area contributed by atoms with E-state index in [0.717, 1.165) is 29.7 Å². The maximum absolute atomic E-state index is 12.9. The van der Waals surface area contributed by atoms with E-state index in [4.69, 9.17) is 4.74 Å². The van der Waals surface area contributed by atoms with Crippen molar-refractivity contribution in [1.29, 1.82) is 0 Å². The standard InChI is InChI=1S/C30H27N3O3/c34-28(13-11-26-29(35)32-25-9-5-4-8-24(25)31-26)33-18-16-30(17-19-33)15-14-23-20-22(10-12-27(23)36-30)21-6-2-1-3-7-21/h1-10,12,14-15,20H,11,13,16-19H2,(H,32,35). The van der Waals surface area contributed by atoms with Gasteiger partial charge in [0.1, 0.15) is 17.0 Å². The van der Waals surface area contributed by atoms with Crippen LogP contribution in [0.2, 0.25) is 0 Å². The number of ether oxygens (including phenoxy) is 1. The monoisotopic (exact) mass is 477 g/mol. The Morgan fingerprint density at radius 2 is 1.75 bits per heavy atom. The highest BCUT2D eigenvalue weighted by atomic mass is 16.5. The van der Waals surface area contributed by atoms with Crippen LogP contribution in [0.15, 0.2) is 83.7 Å². The zero-order valence-electron chi connectivity index (χ0n) is 19.9. The quantitative estimate of drug-likeness (QED) is 0.449. The number of aromatic nitrogens is 2. The van der Waals surface area contributed by atoms with Gasteiger partial charge in [0.05, 0.1) is 11.0 Å². The van der Waals surface area contributed by atoms with E-state index in [0.29, 0.717) is 30.7 Å². The van der Waals surface area contributed by atoms with Crippen LogP contribution in [0.25, 0.3) is 28.2 Å². The molecular formula is C30H27N3O3. The Balaban J connectivity index is 1.08. The van der Waals surface area contributed by atoms with Crippen molar-refractivity contribution in [3.63, 3.8) is 0 Å². The fourth-order valence-electron chi connectivity index (χ4n) is 5.10. The van der Waals surface area contributed by atoms with E-state index in [1.165, 1.54) is 11.1 Å². The van der Waals surface area contributed by atoms with Crippen LogP contribution >= 0.6 is 0 Å². The first-order chi connectivity index (χ1) is 17.6. The van der Waals surface area contributed by atoms with Crippen molar-refractivity contribution in [3.05, 3.63) is 100 Å². The number of fused-ring (bicyclic) bond motifs is 2. The maximum atomic E-state index is 12.9. The number of likely N-dealkylation sites (tertiary alicyclic amines) is 1. The second-order valence-corrected chi connectivity index (χ2v) is 9.53. The molecule has 0 aliphatic carbocycles. The van der Waals surface area contributed by atoms with Crippen molar-refractivity contribution >= 4 is 23.0 Å². The molecule has 1 saturated heterocycles. The van der Waals surface area contributed by atoms with Crippen molar-refractivity contribution in [1.82, 2.24) is 14.9 Å². The first-order valence-electron chi connectivity index (χ1n) is 12.4. The fraction of sp³-hybridized carbons (Fsp3) is 0.233. The van der Waals surface area contributed by atoms with Gasteiger partial charge in [-0.3, -0.25) is 9.59 Å². The molecular weight excluding hydrogens is 450 g/mol. The maximum Gasteiger partial charge on any atom is 0.270 e. The number of piperidine rings is 1. The average molecular weight is 478 g/mol. The Morgan fingerprint density at radius 1 is 0.972 bits per heavy atom. The minimum absolute atomic E-state index is 0.0481. The molecule has 3 aromatic carbocycles. The highest BCUT2D eigenvalue weighted by Gasteiger charge is 2.37. The van der Waals surface area contributed by atoms with Crippen molar-refractivity contribution in [2.24, 2.45) is 0 Å². The van der Waals surface area contributed by atoms with Crippen LogP contribution in [0.3, 0.4) is 0 Å². The van der Waals surface area contributed by atoms with Crippen LogP contribution in [0.4, 0.5) is 0 Å². The zero-order chi connectivity index (χ0) is 24.5. The third kappa shape index (κ3) is 4.31. The topological polar surface area (TPSA) is 75.3 Å². The molecule has 1 aromatic heterocycles. The largest absolute Gasteiger partial charge is 0.482 e. The zero-order valence-corrected chi connectivity index (χ0v) is 19.9. The second kappa shape index (κ2) is 9.11. The molecule has 0 atom stereocenters. The summed E-state index contributed by atoms with van der Waals surface area (Å²) in [5.41, 5.74) is 4.66. The van der Waals surface area contributed by atoms with Gasteiger partial charge in [-0.25, -0.2) is 4.98 Å². The molecule has 0 bridgehead atoms. The molecule has 1 amide bonds. The van der Waals surface area contributed by atoms with Gasteiger partial charge < -0.3 is 14.6 Å². The van der Waals surface area contributed by atoms with E-state index < -0.39 is 0 Å². The van der Waals surface area contributed by atoms with E-state index in [1.54, 1.807) is 0 Å². The lowest BCUT2D eigenvalue weighted by atomic mass is 9.87. The summed E-state index contributed by atoms with van der Waals surface area (Å²) in [6.07, 6.45) is 6.39. The predicted molar refractivity (Wildman–Crippen MR) is 141 cm³/mol. The highest BCUT2D eigenvalue weighted by molar-refractivity contribution is 5.77. The number of amides is 1. The molecule has 6 rings (SSSR count). The van der Waals surface area contributed by atoms with Crippen molar-refractivity contribution in [3.8, 4) is 16.9 Å². The normalized spacial score (nSPS) is 16.1. The number of aryl methyl sites for hydroxylation is 1. The van der Waals surface area contributed by atoms with Gasteiger partial charge in [-0.05, 0) is 41.5 Å². The summed E-state index contributed by atoms with van der Waals surface area (Å²) in [6.45, 7) is 1.25. The summed E-state index contributed by atoms with van der Waals surface area (Å²) in [6, 6.07) is 24.1. The van der Waals surface area contributed by atoms with Gasteiger partial charge in [-0.1, -0.05) is 54.6 Å². The Labute approximate surface area is 209 Å². The van der Waals surface area contributed by atoms with Crippen LogP contribution in [-0.4, -0.2) is 39.5 Å². The number of rotatable bonds is 4. The number of hydrogen-bond acceptors (Lipinski definition) is 4. The fourth-order valence-corrected chi connectivity index (χ4v) is 5.10. The van der Waals surface area contributed by atoms with E-state index in [9.17, 15) is 9.59 Å². The molecule has 1 N–H and O–H groups in total. The summed E-state index contributed by atoms with van der Waals surface area (Å²) < 4.78 is 6.49. The van der Waals surface area contributed by atoms with Crippen molar-refractivity contribution in [2.45, 2.75) is 31.3 Å². The van der Waals surface area contributed by atoms with Crippen LogP contribution in [0.5, 0.6) is 5.75 Å². The first kappa shape index (κ1) is 22.3. The summed E-state index contributed by atoms with van der Waals surface area (Å²) in [7, 11) is 0. The van der Waals surface area contributed by atoms with Gasteiger partial charge in [-0.2, -0.15) is 0 Å². The van der Waals surface area contributed by atoms with Crippen molar-refractivity contribution < 1.29 is 9.53 Å². The number of para-hydroxylation sites is 2. The number of nitrogens with one attached hydrogen (secondary N) is 1. The molecule has 0 radical (unpaired) electrons. The highest BCUT2D eigenvalue weighted by Crippen LogP contribution is 2.38. The Kier molecular flexibility index (Phi) is 5.64. The molecule has 1 spiro atoms. The molecule has 36 heavy (non-hydrogen) atoms. The Morgan fingerprint density at radius 3 is 2.58 bits per heavy atom. The number of H-pyrrole nitrogens is 1. The Bertz CT molecular complexity index is 1520. The molecule has 180 valence electrons. The molecule has 4 aromatic rings. The summed E-state index contributed by atoms with van der Waals surface area (Å²) in [4.78, 5) is 34.5. The van der Waals surface area contributed by atoms with Gasteiger partial charge in [0.15, 0.2) is 0 Å².